The Balaban J connectivity index is 2.72. The van der Waals surface area contributed by atoms with Crippen LogP contribution in [0, 0.1) is 0 Å². The van der Waals surface area contributed by atoms with Crippen LogP contribution < -0.4 is 4.90 Å². The Labute approximate surface area is 97.0 Å². The molecule has 0 N–H and O–H groups in total. The monoisotopic (exact) mass is 221 g/mol. The summed E-state index contributed by atoms with van der Waals surface area (Å²) in [5, 5.41) is 0. The molecule has 1 aromatic rings. The van der Waals surface area contributed by atoms with E-state index in [0.29, 0.717) is 5.56 Å². The maximum Gasteiger partial charge on any atom is 0.188 e. The largest absolute Gasteiger partial charge is 0.378 e. The van der Waals surface area contributed by atoms with Crippen molar-refractivity contribution in [2.24, 2.45) is 0 Å². The molecule has 0 fully saturated rings. The molecule has 0 unspecified atom stereocenters. The first-order valence-electron chi connectivity index (χ1n) is 5.43. The van der Waals surface area contributed by atoms with Gasteiger partial charge in [0.1, 0.15) is 6.61 Å². The Morgan fingerprint density at radius 3 is 2.62 bits per heavy atom. The topological polar surface area (TPSA) is 29.5 Å². The summed E-state index contributed by atoms with van der Waals surface area (Å²) in [4.78, 5) is 13.8. The summed E-state index contributed by atoms with van der Waals surface area (Å²) >= 11 is 0. The molecule has 0 spiro atoms. The number of ketones is 1. The Kier molecular flexibility index (Phi) is 4.50. The van der Waals surface area contributed by atoms with Crippen molar-refractivity contribution in [1.29, 1.82) is 0 Å². The third-order valence-corrected chi connectivity index (χ3v) is 2.23. The van der Waals surface area contributed by atoms with Crippen LogP contribution in [0.5, 0.6) is 0 Å². The summed E-state index contributed by atoms with van der Waals surface area (Å²) in [6.45, 7) is 3.99. The molecule has 0 aromatic heterocycles. The van der Waals surface area contributed by atoms with Crippen molar-refractivity contribution in [1.82, 2.24) is 0 Å². The quantitative estimate of drug-likeness (QED) is 0.715. The Bertz CT molecular complexity index is 359. The lowest BCUT2D eigenvalue weighted by Gasteiger charge is -2.13. The fraction of sp³-hybridized carbons (Fsp3) is 0.462. The van der Waals surface area contributed by atoms with Gasteiger partial charge in [-0.1, -0.05) is 12.1 Å². The molecule has 0 amide bonds. The van der Waals surface area contributed by atoms with Gasteiger partial charge >= 0.3 is 0 Å². The van der Waals surface area contributed by atoms with E-state index in [4.69, 9.17) is 4.74 Å². The van der Waals surface area contributed by atoms with Gasteiger partial charge in [0.25, 0.3) is 0 Å². The lowest BCUT2D eigenvalue weighted by molar-refractivity contribution is 0.0585. The van der Waals surface area contributed by atoms with Crippen LogP contribution in [-0.2, 0) is 4.74 Å². The van der Waals surface area contributed by atoms with Crippen LogP contribution in [0.3, 0.4) is 0 Å². The van der Waals surface area contributed by atoms with Gasteiger partial charge in [0.05, 0.1) is 6.10 Å². The molecule has 16 heavy (non-hydrogen) atoms. The fourth-order valence-electron chi connectivity index (χ4n) is 1.28. The van der Waals surface area contributed by atoms with Crippen LogP contribution in [0.4, 0.5) is 5.69 Å². The summed E-state index contributed by atoms with van der Waals surface area (Å²) in [6.07, 6.45) is 0.0842. The number of hydrogen-bond donors (Lipinski definition) is 0. The van der Waals surface area contributed by atoms with Crippen LogP contribution in [0.1, 0.15) is 24.2 Å². The minimum Gasteiger partial charge on any atom is -0.378 e. The van der Waals surface area contributed by atoms with E-state index in [9.17, 15) is 4.79 Å². The normalized spacial score (nSPS) is 10.6. The van der Waals surface area contributed by atoms with Crippen LogP contribution >= 0.6 is 0 Å². The summed E-state index contributed by atoms with van der Waals surface area (Å²) in [7, 11) is 3.91. The standard InChI is InChI=1S/C13H19NO2/c1-10(2)16-9-13(15)11-6-5-7-12(8-11)14(3)4/h5-8,10H,9H2,1-4H3. The van der Waals surface area contributed by atoms with Gasteiger partial charge in [-0.3, -0.25) is 4.79 Å². The van der Waals surface area contributed by atoms with Gasteiger partial charge in [0, 0.05) is 25.3 Å². The van der Waals surface area contributed by atoms with E-state index in [-0.39, 0.29) is 18.5 Å². The predicted octanol–water partition coefficient (Wildman–Crippen LogP) is 2.36. The molecule has 3 nitrogen and oxygen atoms in total. The number of Topliss-reactive ketones (excluding diaryl/α,β-unsaturated/α-hetero) is 1. The van der Waals surface area contributed by atoms with Gasteiger partial charge in [0.2, 0.25) is 0 Å². The van der Waals surface area contributed by atoms with Crippen LogP contribution in [0.15, 0.2) is 24.3 Å². The molecule has 0 atom stereocenters. The smallest absolute Gasteiger partial charge is 0.188 e. The first-order valence-corrected chi connectivity index (χ1v) is 5.43. The second-order valence-corrected chi connectivity index (χ2v) is 4.23. The van der Waals surface area contributed by atoms with Gasteiger partial charge in [-0.05, 0) is 26.0 Å². The van der Waals surface area contributed by atoms with E-state index in [2.05, 4.69) is 0 Å². The predicted molar refractivity (Wildman–Crippen MR) is 66.2 cm³/mol. The third kappa shape index (κ3) is 3.66. The van der Waals surface area contributed by atoms with Crippen LogP contribution in [0.25, 0.3) is 0 Å². The lowest BCUT2D eigenvalue weighted by atomic mass is 10.1. The molecule has 0 aliphatic heterocycles. The molecule has 3 heteroatoms. The molecule has 0 radical (unpaired) electrons. The van der Waals surface area contributed by atoms with E-state index in [1.54, 1.807) is 0 Å². The zero-order valence-corrected chi connectivity index (χ0v) is 10.4. The minimum atomic E-state index is 0.0254. The Morgan fingerprint density at radius 1 is 1.38 bits per heavy atom. The second kappa shape index (κ2) is 5.66. The van der Waals surface area contributed by atoms with Gasteiger partial charge in [-0.2, -0.15) is 0 Å². The number of rotatable bonds is 5. The zero-order valence-electron chi connectivity index (χ0n) is 10.4. The lowest BCUT2D eigenvalue weighted by Crippen LogP contribution is -2.14. The first kappa shape index (κ1) is 12.7. The van der Waals surface area contributed by atoms with Crippen molar-refractivity contribution in [3.63, 3.8) is 0 Å². The SMILES string of the molecule is CC(C)OCC(=O)c1cccc(N(C)C)c1. The van der Waals surface area contributed by atoms with Gasteiger partial charge in [-0.25, -0.2) is 0 Å². The van der Waals surface area contributed by atoms with Gasteiger partial charge < -0.3 is 9.64 Å². The van der Waals surface area contributed by atoms with Crippen molar-refractivity contribution in [2.75, 3.05) is 25.6 Å². The van der Waals surface area contributed by atoms with E-state index < -0.39 is 0 Å². The number of carbonyl (C=O) groups is 1. The number of nitrogens with zero attached hydrogens (tertiary/aromatic N) is 1. The summed E-state index contributed by atoms with van der Waals surface area (Å²) in [5.41, 5.74) is 1.72. The molecular weight excluding hydrogens is 202 g/mol. The molecule has 0 aliphatic carbocycles. The van der Waals surface area contributed by atoms with Crippen LogP contribution in [0.2, 0.25) is 0 Å². The van der Waals surface area contributed by atoms with Gasteiger partial charge in [0.15, 0.2) is 5.78 Å². The minimum absolute atomic E-state index is 0.0254. The van der Waals surface area contributed by atoms with Crippen molar-refractivity contribution < 1.29 is 9.53 Å². The molecule has 0 heterocycles. The fourth-order valence-corrected chi connectivity index (χ4v) is 1.28. The average molecular weight is 221 g/mol. The molecule has 0 saturated carbocycles. The second-order valence-electron chi connectivity index (χ2n) is 4.23. The van der Waals surface area contributed by atoms with E-state index in [1.807, 2.05) is 57.1 Å². The van der Waals surface area contributed by atoms with Crippen molar-refractivity contribution in [3.05, 3.63) is 29.8 Å². The molecule has 0 saturated heterocycles. The Morgan fingerprint density at radius 2 is 2.06 bits per heavy atom. The first-order chi connectivity index (χ1) is 7.50. The van der Waals surface area contributed by atoms with E-state index >= 15 is 0 Å². The average Bonchev–Trinajstić information content (AvgIpc) is 2.26. The highest BCUT2D eigenvalue weighted by atomic mass is 16.5. The van der Waals surface area contributed by atoms with Crippen LogP contribution in [-0.4, -0.2) is 32.6 Å². The van der Waals surface area contributed by atoms with Crippen molar-refractivity contribution in [3.8, 4) is 0 Å². The maximum absolute atomic E-state index is 11.8. The number of benzene rings is 1. The summed E-state index contributed by atoms with van der Waals surface area (Å²) in [5.74, 6) is 0.0254. The number of ether oxygens (including phenoxy) is 1. The molecule has 88 valence electrons. The summed E-state index contributed by atoms with van der Waals surface area (Å²) in [6, 6.07) is 7.56. The number of carbonyl (C=O) groups excluding carboxylic acids is 1. The highest BCUT2D eigenvalue weighted by Gasteiger charge is 2.08. The highest BCUT2D eigenvalue weighted by Crippen LogP contribution is 2.14. The number of anilines is 1. The zero-order chi connectivity index (χ0) is 12.1. The molecule has 0 aliphatic rings. The summed E-state index contributed by atoms with van der Waals surface area (Å²) < 4.78 is 5.30. The number of hydrogen-bond acceptors (Lipinski definition) is 3. The van der Waals surface area contributed by atoms with Crippen molar-refractivity contribution in [2.45, 2.75) is 20.0 Å². The molecule has 1 aromatic carbocycles. The molecule has 0 bridgehead atoms. The van der Waals surface area contributed by atoms with Crippen molar-refractivity contribution >= 4 is 11.5 Å². The van der Waals surface area contributed by atoms with E-state index in [0.717, 1.165) is 5.69 Å². The molecular formula is C13H19NO2. The van der Waals surface area contributed by atoms with E-state index in [1.165, 1.54) is 0 Å². The third-order valence-electron chi connectivity index (χ3n) is 2.23. The molecule has 1 rings (SSSR count). The highest BCUT2D eigenvalue weighted by molar-refractivity contribution is 5.97. The maximum atomic E-state index is 11.8. The van der Waals surface area contributed by atoms with Gasteiger partial charge in [-0.15, -0.1) is 0 Å². The Hall–Kier alpha value is -1.35.